The van der Waals surface area contributed by atoms with Gasteiger partial charge in [-0.1, -0.05) is 30.3 Å². The average molecular weight is 484 g/mol. The lowest BCUT2D eigenvalue weighted by molar-refractivity contribution is 0.0602. The van der Waals surface area contributed by atoms with Gasteiger partial charge in [-0.3, -0.25) is 9.58 Å². The SMILES string of the molecule is COC(=O)c1cc(Cc2ccccc2)sc1NC(=S)N1CCN(Cc2cn(C)nc2C)CC1. The van der Waals surface area contributed by atoms with Gasteiger partial charge in [-0.15, -0.1) is 11.3 Å². The predicted molar refractivity (Wildman–Crippen MR) is 136 cm³/mol. The first-order chi connectivity index (χ1) is 15.9. The Labute approximate surface area is 204 Å². The summed E-state index contributed by atoms with van der Waals surface area (Å²) in [7, 11) is 3.36. The molecule has 1 saturated heterocycles. The van der Waals surface area contributed by atoms with Crippen molar-refractivity contribution < 1.29 is 9.53 Å². The lowest BCUT2D eigenvalue weighted by Gasteiger charge is -2.36. The predicted octanol–water partition coefficient (Wildman–Crippen LogP) is 3.68. The molecule has 174 valence electrons. The number of ether oxygens (including phenoxy) is 1. The number of nitrogens with zero attached hydrogens (tertiary/aromatic N) is 4. The molecular weight excluding hydrogens is 454 g/mol. The van der Waals surface area contributed by atoms with Crippen LogP contribution < -0.4 is 5.32 Å². The molecule has 1 aliphatic heterocycles. The van der Waals surface area contributed by atoms with Crippen molar-refractivity contribution >= 4 is 39.6 Å². The van der Waals surface area contributed by atoms with Crippen LogP contribution >= 0.6 is 23.6 Å². The molecule has 2 aromatic heterocycles. The van der Waals surface area contributed by atoms with Crippen LogP contribution in [0.2, 0.25) is 0 Å². The third-order valence-electron chi connectivity index (χ3n) is 5.80. The van der Waals surface area contributed by atoms with Crippen LogP contribution in [0.4, 0.5) is 5.00 Å². The van der Waals surface area contributed by atoms with E-state index >= 15 is 0 Å². The van der Waals surface area contributed by atoms with Gasteiger partial charge in [0.05, 0.1) is 18.4 Å². The lowest BCUT2D eigenvalue weighted by atomic mass is 10.1. The van der Waals surface area contributed by atoms with E-state index in [-0.39, 0.29) is 5.97 Å². The lowest BCUT2D eigenvalue weighted by Crippen LogP contribution is -2.49. The van der Waals surface area contributed by atoms with E-state index in [0.29, 0.717) is 10.7 Å². The van der Waals surface area contributed by atoms with Crippen LogP contribution in [0.5, 0.6) is 0 Å². The molecule has 3 aromatic rings. The van der Waals surface area contributed by atoms with Crippen molar-refractivity contribution in [2.45, 2.75) is 19.9 Å². The first kappa shape index (κ1) is 23.4. The Hall–Kier alpha value is -2.75. The summed E-state index contributed by atoms with van der Waals surface area (Å²) in [5.74, 6) is -0.354. The monoisotopic (exact) mass is 483 g/mol. The van der Waals surface area contributed by atoms with Crippen LogP contribution in [-0.2, 0) is 24.8 Å². The van der Waals surface area contributed by atoms with Gasteiger partial charge in [0.25, 0.3) is 0 Å². The summed E-state index contributed by atoms with van der Waals surface area (Å²) in [4.78, 5) is 18.1. The number of rotatable bonds is 6. The second-order valence-corrected chi connectivity index (χ2v) is 9.74. The molecule has 0 unspecified atom stereocenters. The van der Waals surface area contributed by atoms with Crippen molar-refractivity contribution in [3.05, 3.63) is 69.9 Å². The fraction of sp³-hybridized carbons (Fsp3) is 0.375. The number of carbonyl (C=O) groups excluding carboxylic acids is 1. The Balaban J connectivity index is 1.38. The molecule has 1 aliphatic rings. The number of aromatic nitrogens is 2. The maximum atomic E-state index is 12.4. The largest absolute Gasteiger partial charge is 0.465 e. The normalized spacial score (nSPS) is 14.3. The van der Waals surface area contributed by atoms with E-state index < -0.39 is 0 Å². The van der Waals surface area contributed by atoms with Gasteiger partial charge in [0.15, 0.2) is 5.11 Å². The summed E-state index contributed by atoms with van der Waals surface area (Å²) in [6, 6.07) is 12.1. The van der Waals surface area contributed by atoms with Gasteiger partial charge in [-0.05, 0) is 30.8 Å². The molecule has 0 radical (unpaired) electrons. The van der Waals surface area contributed by atoms with Crippen molar-refractivity contribution in [1.29, 1.82) is 0 Å². The molecule has 4 rings (SSSR count). The number of benzene rings is 1. The topological polar surface area (TPSA) is 62.6 Å². The molecule has 1 N–H and O–H groups in total. The van der Waals surface area contributed by atoms with Gasteiger partial charge in [-0.25, -0.2) is 4.79 Å². The number of aryl methyl sites for hydroxylation is 2. The molecule has 7 nitrogen and oxygen atoms in total. The highest BCUT2D eigenvalue weighted by atomic mass is 32.1. The maximum Gasteiger partial charge on any atom is 0.340 e. The first-order valence-electron chi connectivity index (χ1n) is 11.0. The second kappa shape index (κ2) is 10.5. The Morgan fingerprint density at radius 1 is 1.21 bits per heavy atom. The van der Waals surface area contributed by atoms with Gasteiger partial charge >= 0.3 is 5.97 Å². The van der Waals surface area contributed by atoms with Crippen LogP contribution in [0.3, 0.4) is 0 Å². The van der Waals surface area contributed by atoms with Crippen molar-refractivity contribution in [1.82, 2.24) is 19.6 Å². The molecule has 1 fully saturated rings. The van der Waals surface area contributed by atoms with Crippen molar-refractivity contribution in [3.8, 4) is 0 Å². The minimum Gasteiger partial charge on any atom is -0.465 e. The minimum atomic E-state index is -0.354. The van der Waals surface area contributed by atoms with Crippen LogP contribution in [0.15, 0.2) is 42.6 Å². The summed E-state index contributed by atoms with van der Waals surface area (Å²) in [6.07, 6.45) is 2.85. The molecule has 3 heterocycles. The van der Waals surface area contributed by atoms with Gasteiger partial charge in [0, 0.05) is 62.8 Å². The quantitative estimate of drug-likeness (QED) is 0.424. The van der Waals surface area contributed by atoms with E-state index in [0.717, 1.165) is 54.7 Å². The van der Waals surface area contributed by atoms with Crippen molar-refractivity contribution in [2.75, 3.05) is 38.6 Å². The zero-order valence-electron chi connectivity index (χ0n) is 19.2. The number of thiocarbonyl (C=S) groups is 1. The van der Waals surface area contributed by atoms with E-state index in [9.17, 15) is 4.79 Å². The van der Waals surface area contributed by atoms with Gasteiger partial charge < -0.3 is 15.0 Å². The minimum absolute atomic E-state index is 0.354. The molecule has 0 amide bonds. The smallest absolute Gasteiger partial charge is 0.340 e. The number of hydrogen-bond donors (Lipinski definition) is 1. The highest BCUT2D eigenvalue weighted by Gasteiger charge is 2.23. The number of anilines is 1. The summed E-state index contributed by atoms with van der Waals surface area (Å²) in [5, 5.41) is 9.14. The van der Waals surface area contributed by atoms with Crippen LogP contribution in [0.25, 0.3) is 0 Å². The maximum absolute atomic E-state index is 12.4. The zero-order valence-corrected chi connectivity index (χ0v) is 20.8. The molecule has 33 heavy (non-hydrogen) atoms. The van der Waals surface area contributed by atoms with E-state index in [1.807, 2.05) is 36.0 Å². The third-order valence-corrected chi connectivity index (χ3v) is 7.21. The molecule has 0 aliphatic carbocycles. The number of methoxy groups -OCH3 is 1. The summed E-state index contributed by atoms with van der Waals surface area (Å²) in [6.45, 7) is 6.46. The van der Waals surface area contributed by atoms with Crippen LogP contribution in [-0.4, -0.2) is 64.0 Å². The van der Waals surface area contributed by atoms with Crippen LogP contribution in [0.1, 0.15) is 32.1 Å². The fourth-order valence-corrected chi connectivity index (χ4v) is 5.44. The number of thiophene rings is 1. The highest BCUT2D eigenvalue weighted by Crippen LogP contribution is 2.31. The number of nitrogens with one attached hydrogen (secondary N) is 1. The Morgan fingerprint density at radius 3 is 2.58 bits per heavy atom. The third kappa shape index (κ3) is 5.79. The van der Waals surface area contributed by atoms with Crippen LogP contribution in [0, 0.1) is 6.92 Å². The van der Waals surface area contributed by atoms with Crippen molar-refractivity contribution in [3.63, 3.8) is 0 Å². The second-order valence-electron chi connectivity index (χ2n) is 8.22. The zero-order chi connectivity index (χ0) is 23.4. The Morgan fingerprint density at radius 2 is 1.94 bits per heavy atom. The van der Waals surface area contributed by atoms with Gasteiger partial charge in [-0.2, -0.15) is 5.10 Å². The molecular formula is C24H29N5O2S2. The van der Waals surface area contributed by atoms with Crippen molar-refractivity contribution in [2.24, 2.45) is 7.05 Å². The summed E-state index contributed by atoms with van der Waals surface area (Å²) in [5.41, 5.74) is 4.07. The molecule has 0 spiro atoms. The summed E-state index contributed by atoms with van der Waals surface area (Å²) < 4.78 is 6.87. The molecule has 0 atom stereocenters. The average Bonchev–Trinajstić information content (AvgIpc) is 3.35. The number of hydrogen-bond acceptors (Lipinski definition) is 6. The Kier molecular flexibility index (Phi) is 7.42. The molecule has 0 bridgehead atoms. The number of piperazine rings is 1. The van der Waals surface area contributed by atoms with Gasteiger partial charge in [0.2, 0.25) is 0 Å². The highest BCUT2D eigenvalue weighted by molar-refractivity contribution is 7.80. The van der Waals surface area contributed by atoms with E-state index in [4.69, 9.17) is 17.0 Å². The van der Waals surface area contributed by atoms with E-state index in [1.165, 1.54) is 18.2 Å². The Bertz CT molecular complexity index is 1120. The molecule has 1 aromatic carbocycles. The van der Waals surface area contributed by atoms with E-state index in [2.05, 4.69) is 45.5 Å². The molecule has 9 heteroatoms. The molecule has 0 saturated carbocycles. The van der Waals surface area contributed by atoms with Gasteiger partial charge in [0.1, 0.15) is 5.00 Å². The van der Waals surface area contributed by atoms with E-state index in [1.54, 1.807) is 11.3 Å². The standard InChI is InChI=1S/C24H29N5O2S2/c1-17-19(15-27(2)26-17)16-28-9-11-29(12-10-28)24(32)25-22-21(23(30)31-3)14-20(33-22)13-18-7-5-4-6-8-18/h4-8,14-15H,9-13,16H2,1-3H3,(H,25,32). The number of carbonyl (C=O) groups is 1. The summed E-state index contributed by atoms with van der Waals surface area (Å²) >= 11 is 7.26. The fourth-order valence-electron chi connectivity index (χ4n) is 4.01. The number of esters is 1. The first-order valence-corrected chi connectivity index (χ1v) is 12.2.